The minimum Gasteiger partial charge on any atom is -0.323 e. The average Bonchev–Trinajstić information content (AvgIpc) is 2.97. The fraction of sp³-hybridized carbons (Fsp3) is 0.0625. The number of benzene rings is 2. The lowest BCUT2D eigenvalue weighted by Gasteiger charge is -1.99. The van der Waals surface area contributed by atoms with Gasteiger partial charge >= 0.3 is 0 Å². The van der Waals surface area contributed by atoms with E-state index in [0.29, 0.717) is 0 Å². The number of hydrogen-bond acceptors (Lipinski definition) is 1. The van der Waals surface area contributed by atoms with Gasteiger partial charge in [0, 0.05) is 11.3 Å². The summed E-state index contributed by atoms with van der Waals surface area (Å²) < 4.78 is 2.18. The van der Waals surface area contributed by atoms with Crippen LogP contribution in [0.4, 0.5) is 0 Å². The lowest BCUT2D eigenvalue weighted by Crippen LogP contribution is -1.85. The molecule has 0 fully saturated rings. The fourth-order valence-electron chi connectivity index (χ4n) is 2.64. The van der Waals surface area contributed by atoms with Crippen molar-refractivity contribution in [2.45, 2.75) is 6.92 Å². The minimum atomic E-state index is 0.901. The number of imidazole rings is 2. The number of aromatic nitrogens is 3. The smallest absolute Gasteiger partial charge is 0.213 e. The molecule has 92 valence electrons. The molecule has 4 rings (SSSR count). The SMILES string of the molecule is Cc1c(-c2ccccc2)nc2[nH]c3ccccc3n12. The first-order chi connectivity index (χ1) is 9.34. The molecule has 0 amide bonds. The Balaban J connectivity index is 2.08. The molecule has 2 aromatic carbocycles. The van der Waals surface area contributed by atoms with Crippen LogP contribution in [0, 0.1) is 6.92 Å². The molecule has 19 heavy (non-hydrogen) atoms. The molecule has 2 aromatic heterocycles. The van der Waals surface area contributed by atoms with Crippen molar-refractivity contribution >= 4 is 16.8 Å². The van der Waals surface area contributed by atoms with Crippen molar-refractivity contribution in [1.82, 2.24) is 14.4 Å². The summed E-state index contributed by atoms with van der Waals surface area (Å²) >= 11 is 0. The number of aryl methyl sites for hydroxylation is 1. The zero-order valence-electron chi connectivity index (χ0n) is 10.6. The Bertz CT molecular complexity index is 869. The molecule has 0 aliphatic rings. The van der Waals surface area contributed by atoms with E-state index < -0.39 is 0 Å². The van der Waals surface area contributed by atoms with Gasteiger partial charge in [-0.1, -0.05) is 42.5 Å². The van der Waals surface area contributed by atoms with Crippen LogP contribution < -0.4 is 0 Å². The predicted molar refractivity (Wildman–Crippen MR) is 77.2 cm³/mol. The highest BCUT2D eigenvalue weighted by Gasteiger charge is 2.13. The van der Waals surface area contributed by atoms with Gasteiger partial charge in [-0.25, -0.2) is 4.98 Å². The molecular weight excluding hydrogens is 234 g/mol. The lowest BCUT2D eigenvalue weighted by molar-refractivity contribution is 1.17. The van der Waals surface area contributed by atoms with Crippen molar-refractivity contribution in [3.8, 4) is 11.3 Å². The van der Waals surface area contributed by atoms with Crippen LogP contribution in [0.3, 0.4) is 0 Å². The molecule has 1 N–H and O–H groups in total. The third-order valence-electron chi connectivity index (χ3n) is 3.55. The third-order valence-corrected chi connectivity index (χ3v) is 3.55. The van der Waals surface area contributed by atoms with Gasteiger partial charge in [-0.15, -0.1) is 0 Å². The van der Waals surface area contributed by atoms with Gasteiger partial charge in [0.05, 0.1) is 16.7 Å². The highest BCUT2D eigenvalue weighted by molar-refractivity contribution is 5.82. The molecule has 0 aliphatic heterocycles. The first-order valence-corrected chi connectivity index (χ1v) is 6.36. The summed E-state index contributed by atoms with van der Waals surface area (Å²) in [7, 11) is 0. The number of hydrogen-bond donors (Lipinski definition) is 1. The summed E-state index contributed by atoms with van der Waals surface area (Å²) in [5.41, 5.74) is 5.65. The predicted octanol–water partition coefficient (Wildman–Crippen LogP) is 3.79. The normalized spacial score (nSPS) is 11.4. The van der Waals surface area contributed by atoms with E-state index in [9.17, 15) is 0 Å². The molecule has 3 heteroatoms. The summed E-state index contributed by atoms with van der Waals surface area (Å²) in [6.07, 6.45) is 0. The van der Waals surface area contributed by atoms with Crippen LogP contribution in [-0.2, 0) is 0 Å². The summed E-state index contributed by atoms with van der Waals surface area (Å²) in [6.45, 7) is 2.11. The Morgan fingerprint density at radius 2 is 1.68 bits per heavy atom. The maximum atomic E-state index is 4.73. The average molecular weight is 247 g/mol. The van der Waals surface area contributed by atoms with Crippen LogP contribution in [0.5, 0.6) is 0 Å². The van der Waals surface area contributed by atoms with Crippen molar-refractivity contribution in [3.63, 3.8) is 0 Å². The third kappa shape index (κ3) is 1.41. The molecule has 0 atom stereocenters. The number of nitrogens with one attached hydrogen (secondary N) is 1. The van der Waals surface area contributed by atoms with E-state index in [0.717, 1.165) is 22.6 Å². The molecular formula is C16H13N3. The Kier molecular flexibility index (Phi) is 2.03. The molecule has 0 saturated carbocycles. The summed E-state index contributed by atoms with van der Waals surface area (Å²) in [5, 5.41) is 0. The van der Waals surface area contributed by atoms with Crippen LogP contribution in [0.25, 0.3) is 28.1 Å². The number of fused-ring (bicyclic) bond motifs is 3. The number of rotatable bonds is 1. The molecule has 0 saturated heterocycles. The van der Waals surface area contributed by atoms with E-state index >= 15 is 0 Å². The first-order valence-electron chi connectivity index (χ1n) is 6.36. The molecule has 0 aliphatic carbocycles. The Morgan fingerprint density at radius 1 is 0.947 bits per heavy atom. The zero-order chi connectivity index (χ0) is 12.8. The highest BCUT2D eigenvalue weighted by atomic mass is 15.1. The van der Waals surface area contributed by atoms with Gasteiger partial charge in [-0.3, -0.25) is 4.40 Å². The monoisotopic (exact) mass is 247 g/mol. The van der Waals surface area contributed by atoms with Gasteiger partial charge < -0.3 is 4.98 Å². The molecule has 0 unspecified atom stereocenters. The van der Waals surface area contributed by atoms with Gasteiger partial charge in [0.1, 0.15) is 0 Å². The number of H-pyrrole nitrogens is 1. The molecule has 0 spiro atoms. The van der Waals surface area contributed by atoms with Gasteiger partial charge in [-0.05, 0) is 19.1 Å². The second-order valence-electron chi connectivity index (χ2n) is 4.71. The van der Waals surface area contributed by atoms with E-state index in [1.807, 2.05) is 24.3 Å². The van der Waals surface area contributed by atoms with Crippen LogP contribution in [-0.4, -0.2) is 14.4 Å². The minimum absolute atomic E-state index is 0.901. The van der Waals surface area contributed by atoms with E-state index in [4.69, 9.17) is 4.98 Å². The van der Waals surface area contributed by atoms with E-state index in [1.165, 1.54) is 11.2 Å². The van der Waals surface area contributed by atoms with Crippen molar-refractivity contribution in [3.05, 3.63) is 60.3 Å². The summed E-state index contributed by atoms with van der Waals surface area (Å²) in [5.74, 6) is 0.901. The summed E-state index contributed by atoms with van der Waals surface area (Å²) in [4.78, 5) is 8.09. The highest BCUT2D eigenvalue weighted by Crippen LogP contribution is 2.26. The van der Waals surface area contributed by atoms with Gasteiger partial charge in [0.25, 0.3) is 0 Å². The fourth-order valence-corrected chi connectivity index (χ4v) is 2.64. The maximum absolute atomic E-state index is 4.73. The van der Waals surface area contributed by atoms with Crippen LogP contribution in [0.1, 0.15) is 5.69 Å². The topological polar surface area (TPSA) is 33.1 Å². The number of para-hydroxylation sites is 2. The Morgan fingerprint density at radius 3 is 2.53 bits per heavy atom. The maximum Gasteiger partial charge on any atom is 0.213 e. The largest absolute Gasteiger partial charge is 0.323 e. The van der Waals surface area contributed by atoms with Crippen molar-refractivity contribution in [1.29, 1.82) is 0 Å². The van der Waals surface area contributed by atoms with E-state index in [-0.39, 0.29) is 0 Å². The lowest BCUT2D eigenvalue weighted by atomic mass is 10.1. The van der Waals surface area contributed by atoms with E-state index in [2.05, 4.69) is 46.6 Å². The number of aromatic amines is 1. The second kappa shape index (κ2) is 3.72. The standard InChI is InChI=1S/C16H13N3/c1-11-15(12-7-3-2-4-8-12)18-16-17-13-9-5-6-10-14(13)19(11)16/h2-10H,1H3,(H,17,18). The quantitative estimate of drug-likeness (QED) is 0.545. The number of nitrogens with zero attached hydrogens (tertiary/aromatic N) is 2. The Hall–Kier alpha value is -2.55. The van der Waals surface area contributed by atoms with E-state index in [1.54, 1.807) is 0 Å². The van der Waals surface area contributed by atoms with Crippen molar-refractivity contribution < 1.29 is 0 Å². The van der Waals surface area contributed by atoms with Gasteiger partial charge in [0.15, 0.2) is 0 Å². The zero-order valence-corrected chi connectivity index (χ0v) is 10.6. The molecule has 0 radical (unpaired) electrons. The first kappa shape index (κ1) is 10.4. The van der Waals surface area contributed by atoms with Gasteiger partial charge in [-0.2, -0.15) is 0 Å². The molecule has 4 aromatic rings. The Labute approximate surface area is 110 Å². The van der Waals surface area contributed by atoms with Crippen LogP contribution in [0.2, 0.25) is 0 Å². The second-order valence-corrected chi connectivity index (χ2v) is 4.71. The van der Waals surface area contributed by atoms with Crippen LogP contribution in [0.15, 0.2) is 54.6 Å². The summed E-state index contributed by atoms with van der Waals surface area (Å²) in [6, 6.07) is 18.6. The van der Waals surface area contributed by atoms with Gasteiger partial charge in [0.2, 0.25) is 5.78 Å². The van der Waals surface area contributed by atoms with Crippen LogP contribution >= 0.6 is 0 Å². The molecule has 0 bridgehead atoms. The van der Waals surface area contributed by atoms with Crippen molar-refractivity contribution in [2.75, 3.05) is 0 Å². The molecule has 3 nitrogen and oxygen atoms in total. The molecule has 2 heterocycles. The van der Waals surface area contributed by atoms with Crippen molar-refractivity contribution in [2.24, 2.45) is 0 Å².